The van der Waals surface area contributed by atoms with E-state index in [9.17, 15) is 0 Å². The van der Waals surface area contributed by atoms with Gasteiger partial charge in [-0.15, -0.1) is 0 Å². The molecule has 136 valence electrons. The van der Waals surface area contributed by atoms with Crippen molar-refractivity contribution in [3.8, 4) is 6.07 Å². The lowest BCUT2D eigenvalue weighted by atomic mass is 9.71. The van der Waals surface area contributed by atoms with Crippen LogP contribution < -0.4 is 4.90 Å². The van der Waals surface area contributed by atoms with Crippen LogP contribution in [-0.4, -0.2) is 61.3 Å². The van der Waals surface area contributed by atoms with Crippen LogP contribution in [0.15, 0.2) is 12.4 Å². The summed E-state index contributed by atoms with van der Waals surface area (Å²) in [6, 6.07) is 1.98. The van der Waals surface area contributed by atoms with Gasteiger partial charge in [-0.25, -0.2) is 9.97 Å². The van der Waals surface area contributed by atoms with Crippen LogP contribution >= 0.6 is 0 Å². The van der Waals surface area contributed by atoms with Crippen molar-refractivity contribution in [2.75, 3.05) is 51.3 Å². The fourth-order valence-electron chi connectivity index (χ4n) is 4.55. The Bertz CT molecular complexity index is 601. The topological polar surface area (TPSA) is 65.3 Å². The Balaban J connectivity index is 1.66. The zero-order valence-electron chi connectivity index (χ0n) is 15.6. The molecule has 1 aromatic heterocycles. The molecular formula is C19H29N5O. The van der Waals surface area contributed by atoms with Gasteiger partial charge in [0.2, 0.25) is 5.82 Å². The van der Waals surface area contributed by atoms with E-state index in [1.807, 2.05) is 13.2 Å². The maximum atomic E-state index is 8.84. The van der Waals surface area contributed by atoms with Crippen LogP contribution in [0.3, 0.4) is 0 Å². The van der Waals surface area contributed by atoms with Crippen LogP contribution in [0.4, 0.5) is 5.69 Å². The molecule has 0 N–H and O–H groups in total. The first-order chi connectivity index (χ1) is 12.1. The molecule has 0 saturated carbocycles. The second-order valence-corrected chi connectivity index (χ2v) is 7.97. The van der Waals surface area contributed by atoms with Gasteiger partial charge in [-0.05, 0) is 24.2 Å². The molecule has 1 atom stereocenters. The van der Waals surface area contributed by atoms with Gasteiger partial charge in [0.05, 0.1) is 24.7 Å². The third kappa shape index (κ3) is 3.94. The van der Waals surface area contributed by atoms with Crippen molar-refractivity contribution in [2.24, 2.45) is 17.3 Å². The van der Waals surface area contributed by atoms with Gasteiger partial charge in [-0.1, -0.05) is 13.8 Å². The fourth-order valence-corrected chi connectivity index (χ4v) is 4.55. The van der Waals surface area contributed by atoms with Crippen molar-refractivity contribution >= 4 is 5.69 Å². The number of hydrogen-bond acceptors (Lipinski definition) is 6. The molecule has 6 nitrogen and oxygen atoms in total. The highest BCUT2D eigenvalue weighted by Crippen LogP contribution is 2.45. The number of nitriles is 1. The smallest absolute Gasteiger partial charge is 0.232 e. The molecule has 1 unspecified atom stereocenters. The lowest BCUT2D eigenvalue weighted by Crippen LogP contribution is -2.45. The van der Waals surface area contributed by atoms with Gasteiger partial charge in [-0.2, -0.15) is 5.26 Å². The largest absolute Gasteiger partial charge is 0.384 e. The molecule has 0 bridgehead atoms. The van der Waals surface area contributed by atoms with Crippen molar-refractivity contribution in [1.29, 1.82) is 5.26 Å². The second kappa shape index (κ2) is 7.67. The standard InChI is InChI=1S/C19H29N5O/c1-15(2)11-23-12-16(13-25-3)19(14-23)4-6-24(7-5-19)17-9-21-18(8-20)22-10-17/h9-10,15-16H,4-7,11-14H2,1-3H3. The molecule has 2 aliphatic heterocycles. The first-order valence-corrected chi connectivity index (χ1v) is 9.25. The van der Waals surface area contributed by atoms with E-state index in [1.54, 1.807) is 12.4 Å². The van der Waals surface area contributed by atoms with Gasteiger partial charge in [-0.3, -0.25) is 0 Å². The molecule has 2 aliphatic rings. The Morgan fingerprint density at radius 3 is 2.56 bits per heavy atom. The van der Waals surface area contributed by atoms with Gasteiger partial charge in [0.25, 0.3) is 0 Å². The van der Waals surface area contributed by atoms with Gasteiger partial charge in [0, 0.05) is 45.8 Å². The van der Waals surface area contributed by atoms with E-state index in [4.69, 9.17) is 10.00 Å². The summed E-state index contributed by atoms with van der Waals surface area (Å²) >= 11 is 0. The number of rotatable bonds is 5. The van der Waals surface area contributed by atoms with Crippen LogP contribution in [0.5, 0.6) is 0 Å². The van der Waals surface area contributed by atoms with E-state index in [0.29, 0.717) is 17.3 Å². The monoisotopic (exact) mass is 343 g/mol. The van der Waals surface area contributed by atoms with Crippen LogP contribution in [0.25, 0.3) is 0 Å². The highest BCUT2D eigenvalue weighted by molar-refractivity contribution is 5.43. The first-order valence-electron chi connectivity index (χ1n) is 9.25. The van der Waals surface area contributed by atoms with Crippen LogP contribution in [-0.2, 0) is 4.74 Å². The predicted octanol–water partition coefficient (Wildman–Crippen LogP) is 2.17. The Hall–Kier alpha value is -1.71. The molecule has 0 amide bonds. The summed E-state index contributed by atoms with van der Waals surface area (Å²) < 4.78 is 5.55. The molecule has 0 aliphatic carbocycles. The first kappa shape index (κ1) is 18.1. The van der Waals surface area contributed by atoms with E-state index in [2.05, 4.69) is 33.6 Å². The Kier molecular flexibility index (Phi) is 5.55. The quantitative estimate of drug-likeness (QED) is 0.816. The Morgan fingerprint density at radius 1 is 1.32 bits per heavy atom. The average molecular weight is 343 g/mol. The SMILES string of the molecule is COCC1CN(CC(C)C)CC12CCN(c1cnc(C#N)nc1)CC2. The normalized spacial score (nSPS) is 23.3. The molecule has 1 aromatic rings. The molecule has 25 heavy (non-hydrogen) atoms. The van der Waals surface area contributed by atoms with Crippen molar-refractivity contribution in [3.05, 3.63) is 18.2 Å². The molecule has 2 saturated heterocycles. The number of likely N-dealkylation sites (tertiary alicyclic amines) is 1. The number of piperidine rings is 1. The lowest BCUT2D eigenvalue weighted by Gasteiger charge is -2.43. The molecule has 3 heterocycles. The third-order valence-corrected chi connectivity index (χ3v) is 5.74. The molecule has 3 rings (SSSR count). The lowest BCUT2D eigenvalue weighted by molar-refractivity contribution is 0.0762. The van der Waals surface area contributed by atoms with E-state index in [0.717, 1.165) is 31.9 Å². The number of anilines is 1. The van der Waals surface area contributed by atoms with Gasteiger partial charge in [0.1, 0.15) is 6.07 Å². The predicted molar refractivity (Wildman–Crippen MR) is 97.3 cm³/mol. The molecular weight excluding hydrogens is 314 g/mol. The zero-order valence-corrected chi connectivity index (χ0v) is 15.6. The van der Waals surface area contributed by atoms with Crippen LogP contribution in [0.2, 0.25) is 0 Å². The fraction of sp³-hybridized carbons (Fsp3) is 0.737. The number of ether oxygens (including phenoxy) is 1. The molecule has 2 fully saturated rings. The Morgan fingerprint density at radius 2 is 2.00 bits per heavy atom. The van der Waals surface area contributed by atoms with Crippen LogP contribution in [0.1, 0.15) is 32.5 Å². The highest BCUT2D eigenvalue weighted by atomic mass is 16.5. The van der Waals surface area contributed by atoms with E-state index >= 15 is 0 Å². The molecule has 0 aromatic carbocycles. The van der Waals surface area contributed by atoms with Crippen molar-refractivity contribution in [2.45, 2.75) is 26.7 Å². The van der Waals surface area contributed by atoms with Gasteiger partial charge >= 0.3 is 0 Å². The highest BCUT2D eigenvalue weighted by Gasteiger charge is 2.47. The average Bonchev–Trinajstić information content (AvgIpc) is 2.92. The van der Waals surface area contributed by atoms with E-state index in [-0.39, 0.29) is 5.82 Å². The van der Waals surface area contributed by atoms with E-state index < -0.39 is 0 Å². The third-order valence-electron chi connectivity index (χ3n) is 5.74. The maximum Gasteiger partial charge on any atom is 0.232 e. The Labute approximate surface area is 150 Å². The number of nitrogens with zero attached hydrogens (tertiary/aromatic N) is 5. The van der Waals surface area contributed by atoms with Crippen molar-refractivity contribution < 1.29 is 4.74 Å². The van der Waals surface area contributed by atoms with E-state index in [1.165, 1.54) is 25.9 Å². The van der Waals surface area contributed by atoms with Gasteiger partial charge in [0.15, 0.2) is 0 Å². The number of methoxy groups -OCH3 is 1. The molecule has 6 heteroatoms. The van der Waals surface area contributed by atoms with Gasteiger partial charge < -0.3 is 14.5 Å². The summed E-state index contributed by atoms with van der Waals surface area (Å²) in [5, 5.41) is 8.84. The maximum absolute atomic E-state index is 8.84. The summed E-state index contributed by atoms with van der Waals surface area (Å²) in [6.07, 6.45) is 5.90. The minimum atomic E-state index is 0.234. The van der Waals surface area contributed by atoms with Crippen LogP contribution in [0, 0.1) is 28.6 Å². The summed E-state index contributed by atoms with van der Waals surface area (Å²) in [4.78, 5) is 13.2. The second-order valence-electron chi connectivity index (χ2n) is 7.97. The zero-order chi connectivity index (χ0) is 17.9. The van der Waals surface area contributed by atoms with Crippen molar-refractivity contribution in [3.63, 3.8) is 0 Å². The number of hydrogen-bond donors (Lipinski definition) is 0. The summed E-state index contributed by atoms with van der Waals surface area (Å²) in [7, 11) is 1.82. The van der Waals surface area contributed by atoms with Crippen molar-refractivity contribution in [1.82, 2.24) is 14.9 Å². The minimum Gasteiger partial charge on any atom is -0.384 e. The molecule has 1 spiro atoms. The number of aromatic nitrogens is 2. The summed E-state index contributed by atoms with van der Waals surface area (Å²) in [5.74, 6) is 1.56. The summed E-state index contributed by atoms with van der Waals surface area (Å²) in [5.41, 5.74) is 1.39. The summed E-state index contributed by atoms with van der Waals surface area (Å²) in [6.45, 7) is 11.0. The molecule has 0 radical (unpaired) electrons. The minimum absolute atomic E-state index is 0.234.